The minimum atomic E-state index is -4.40. The van der Waals surface area contributed by atoms with Crippen molar-refractivity contribution in [1.82, 2.24) is 0 Å². The third kappa shape index (κ3) is 2.85. The fourth-order valence-electron chi connectivity index (χ4n) is 0.881. The highest BCUT2D eigenvalue weighted by atomic mass is 19.4. The van der Waals surface area contributed by atoms with Crippen molar-refractivity contribution in [2.45, 2.75) is 26.1 Å². The highest BCUT2D eigenvalue weighted by molar-refractivity contribution is 4.90. The van der Waals surface area contributed by atoms with Gasteiger partial charge in [0.05, 0.1) is 12.0 Å². The molecule has 4 heteroatoms. The molecule has 0 radical (unpaired) electrons. The van der Waals surface area contributed by atoms with Crippen LogP contribution in [0, 0.1) is 11.8 Å². The largest absolute Gasteiger partial charge is 0.397 e. The van der Waals surface area contributed by atoms with Crippen LogP contribution in [0.25, 0.3) is 0 Å². The second-order valence-corrected chi connectivity index (χ2v) is 3.04. The summed E-state index contributed by atoms with van der Waals surface area (Å²) in [6, 6.07) is 0. The maximum atomic E-state index is 12.1. The summed E-state index contributed by atoms with van der Waals surface area (Å²) in [6.07, 6.45) is -5.06. The first kappa shape index (κ1) is 11.5. The average Bonchev–Trinajstić information content (AvgIpc) is 1.85. The van der Waals surface area contributed by atoms with Crippen LogP contribution >= 0.6 is 0 Å². The first-order valence-corrected chi connectivity index (χ1v) is 3.68. The lowest BCUT2D eigenvalue weighted by Gasteiger charge is -2.24. The Morgan fingerprint density at radius 2 is 1.75 bits per heavy atom. The lowest BCUT2D eigenvalue weighted by Crippen LogP contribution is -2.35. The van der Waals surface area contributed by atoms with Crippen molar-refractivity contribution < 1.29 is 18.3 Å². The Labute approximate surface area is 69.9 Å². The Bertz CT molecular complexity index is 151. The van der Waals surface area contributed by atoms with Gasteiger partial charge in [0, 0.05) is 0 Å². The van der Waals surface area contributed by atoms with Gasteiger partial charge in [0.25, 0.3) is 0 Å². The van der Waals surface area contributed by atoms with E-state index < -0.39 is 24.1 Å². The molecule has 0 heterocycles. The summed E-state index contributed by atoms with van der Waals surface area (Å²) in [5, 5.41) is 9.13. The third-order valence-electron chi connectivity index (χ3n) is 1.68. The van der Waals surface area contributed by atoms with Gasteiger partial charge in [-0.25, -0.2) is 0 Å². The van der Waals surface area contributed by atoms with Gasteiger partial charge in [0.1, 0.15) is 0 Å². The summed E-state index contributed by atoms with van der Waals surface area (Å²) in [7, 11) is 0. The molecule has 0 rings (SSSR count). The Balaban J connectivity index is 4.45. The molecule has 0 aromatic heterocycles. The monoisotopic (exact) mass is 182 g/mol. The Morgan fingerprint density at radius 1 is 1.33 bits per heavy atom. The zero-order valence-corrected chi connectivity index (χ0v) is 7.10. The van der Waals surface area contributed by atoms with E-state index in [4.69, 9.17) is 5.11 Å². The molecule has 0 amide bonds. The van der Waals surface area contributed by atoms with Gasteiger partial charge in [-0.2, -0.15) is 13.2 Å². The first-order valence-electron chi connectivity index (χ1n) is 3.68. The highest BCUT2D eigenvalue weighted by Crippen LogP contribution is 2.32. The van der Waals surface area contributed by atoms with Gasteiger partial charge in [-0.3, -0.25) is 0 Å². The molecule has 0 fully saturated rings. The van der Waals surface area contributed by atoms with Crippen molar-refractivity contribution in [3.63, 3.8) is 0 Å². The molecule has 0 aliphatic heterocycles. The van der Waals surface area contributed by atoms with E-state index in [1.54, 1.807) is 0 Å². The van der Waals surface area contributed by atoms with Crippen molar-refractivity contribution >= 4 is 0 Å². The van der Waals surface area contributed by atoms with Crippen LogP contribution in [0.5, 0.6) is 0 Å². The minimum Gasteiger partial charge on any atom is -0.392 e. The number of aliphatic hydroxyl groups excluding tert-OH is 1. The third-order valence-corrected chi connectivity index (χ3v) is 1.68. The van der Waals surface area contributed by atoms with Crippen LogP contribution in [0.4, 0.5) is 13.2 Å². The molecular weight excluding hydrogens is 169 g/mol. The Kier molecular flexibility index (Phi) is 3.77. The number of hydrogen-bond donors (Lipinski definition) is 1. The zero-order chi connectivity index (χ0) is 9.94. The molecule has 2 atom stereocenters. The molecule has 0 aromatic rings. The van der Waals surface area contributed by atoms with Crippen LogP contribution < -0.4 is 0 Å². The van der Waals surface area contributed by atoms with Crippen LogP contribution in [-0.4, -0.2) is 17.4 Å². The van der Waals surface area contributed by atoms with Crippen molar-refractivity contribution in [2.75, 3.05) is 0 Å². The lowest BCUT2D eigenvalue weighted by molar-refractivity contribution is -0.189. The maximum Gasteiger partial charge on any atom is 0.397 e. The number of aliphatic hydroxyl groups is 1. The molecule has 0 aliphatic rings. The molecular formula is C8H13F3O. The van der Waals surface area contributed by atoms with Crippen molar-refractivity contribution in [1.29, 1.82) is 0 Å². The molecule has 12 heavy (non-hydrogen) atoms. The molecule has 0 aliphatic carbocycles. The molecule has 0 unspecified atom stereocenters. The molecule has 0 saturated carbocycles. The fourth-order valence-corrected chi connectivity index (χ4v) is 0.881. The lowest BCUT2D eigenvalue weighted by atomic mass is 9.93. The van der Waals surface area contributed by atoms with E-state index in [-0.39, 0.29) is 0 Å². The molecule has 1 nitrogen and oxygen atoms in total. The summed E-state index contributed by atoms with van der Waals surface area (Å²) in [5.41, 5.74) is 0. The predicted octanol–water partition coefficient (Wildman–Crippen LogP) is 2.37. The SMILES string of the molecule is C=C[C@H]([C@H](O)C(C)C)C(F)(F)F. The molecule has 0 bridgehead atoms. The van der Waals surface area contributed by atoms with Crippen LogP contribution in [0.3, 0.4) is 0 Å². The van der Waals surface area contributed by atoms with Gasteiger partial charge in [-0.1, -0.05) is 19.9 Å². The molecule has 1 N–H and O–H groups in total. The van der Waals surface area contributed by atoms with Crippen LogP contribution in [0.1, 0.15) is 13.8 Å². The van der Waals surface area contributed by atoms with Crippen LogP contribution in [0.2, 0.25) is 0 Å². The van der Waals surface area contributed by atoms with Gasteiger partial charge in [0.2, 0.25) is 0 Å². The van der Waals surface area contributed by atoms with E-state index in [0.29, 0.717) is 0 Å². The summed E-state index contributed by atoms with van der Waals surface area (Å²) >= 11 is 0. The summed E-state index contributed by atoms with van der Waals surface area (Å²) in [5.74, 6) is -2.24. The number of rotatable bonds is 3. The number of halogens is 3. The van der Waals surface area contributed by atoms with Gasteiger partial charge < -0.3 is 5.11 Å². The quantitative estimate of drug-likeness (QED) is 0.664. The van der Waals surface area contributed by atoms with E-state index >= 15 is 0 Å². The summed E-state index contributed by atoms with van der Waals surface area (Å²) in [6.45, 7) is 6.12. The average molecular weight is 182 g/mol. The smallest absolute Gasteiger partial charge is 0.392 e. The van der Waals surface area contributed by atoms with E-state index in [9.17, 15) is 13.2 Å². The molecule has 0 spiro atoms. The van der Waals surface area contributed by atoms with Crippen molar-refractivity contribution in [3.05, 3.63) is 12.7 Å². The van der Waals surface area contributed by atoms with Crippen molar-refractivity contribution in [2.24, 2.45) is 11.8 Å². The Morgan fingerprint density at radius 3 is 1.83 bits per heavy atom. The second kappa shape index (κ2) is 3.94. The van der Waals surface area contributed by atoms with Gasteiger partial charge >= 0.3 is 6.18 Å². The van der Waals surface area contributed by atoms with Gasteiger partial charge in [-0.05, 0) is 5.92 Å². The molecule has 0 aromatic carbocycles. The van der Waals surface area contributed by atoms with E-state index in [1.807, 2.05) is 0 Å². The Hall–Kier alpha value is -0.510. The highest BCUT2D eigenvalue weighted by Gasteiger charge is 2.42. The topological polar surface area (TPSA) is 20.2 Å². The van der Waals surface area contributed by atoms with Gasteiger partial charge in [0.15, 0.2) is 0 Å². The standard InChI is InChI=1S/C8H13F3O/c1-4-6(8(9,10)11)7(12)5(2)3/h4-7,12H,1H2,2-3H3/t6-,7-/m1/s1. The zero-order valence-electron chi connectivity index (χ0n) is 7.10. The number of alkyl halides is 3. The van der Waals surface area contributed by atoms with E-state index in [0.717, 1.165) is 6.08 Å². The van der Waals surface area contributed by atoms with E-state index in [2.05, 4.69) is 6.58 Å². The van der Waals surface area contributed by atoms with Crippen molar-refractivity contribution in [3.8, 4) is 0 Å². The fraction of sp³-hybridized carbons (Fsp3) is 0.750. The summed E-state index contributed by atoms with van der Waals surface area (Å²) in [4.78, 5) is 0. The normalized spacial score (nSPS) is 17.6. The van der Waals surface area contributed by atoms with Crippen LogP contribution in [0.15, 0.2) is 12.7 Å². The summed E-state index contributed by atoms with van der Waals surface area (Å²) < 4.78 is 36.3. The first-order chi connectivity index (χ1) is 5.30. The number of hydrogen-bond acceptors (Lipinski definition) is 1. The van der Waals surface area contributed by atoms with E-state index in [1.165, 1.54) is 13.8 Å². The molecule has 0 saturated heterocycles. The second-order valence-electron chi connectivity index (χ2n) is 3.04. The molecule has 72 valence electrons. The van der Waals surface area contributed by atoms with Gasteiger partial charge in [-0.15, -0.1) is 6.58 Å². The maximum absolute atomic E-state index is 12.1. The minimum absolute atomic E-state index is 0.422. The predicted molar refractivity (Wildman–Crippen MR) is 40.6 cm³/mol. The van der Waals surface area contributed by atoms with Crippen LogP contribution in [-0.2, 0) is 0 Å².